The minimum absolute atomic E-state index is 0.115. The van der Waals surface area contributed by atoms with Gasteiger partial charge in [0.15, 0.2) is 5.65 Å². The van der Waals surface area contributed by atoms with Gasteiger partial charge >= 0.3 is 5.97 Å². The van der Waals surface area contributed by atoms with Crippen molar-refractivity contribution in [2.24, 2.45) is 0 Å². The number of carbonyl (C=O) groups is 2. The number of aryl methyl sites for hydroxylation is 1. The van der Waals surface area contributed by atoms with E-state index in [0.29, 0.717) is 24.4 Å². The van der Waals surface area contributed by atoms with E-state index in [4.69, 9.17) is 9.84 Å². The molecule has 1 saturated heterocycles. The van der Waals surface area contributed by atoms with E-state index in [1.165, 1.54) is 6.20 Å². The SMILES string of the molecule is Cc1ccn2ncc(C(=O)N3CCOC(CC(=O)O)C3)c2n1. The summed E-state index contributed by atoms with van der Waals surface area (Å²) >= 11 is 0. The summed E-state index contributed by atoms with van der Waals surface area (Å²) in [7, 11) is 0. The monoisotopic (exact) mass is 304 g/mol. The fraction of sp³-hybridized carbons (Fsp3) is 0.429. The molecule has 22 heavy (non-hydrogen) atoms. The van der Waals surface area contributed by atoms with Crippen LogP contribution in [0, 0.1) is 6.92 Å². The lowest BCUT2D eigenvalue weighted by molar-refractivity contribution is -0.141. The van der Waals surface area contributed by atoms with Gasteiger partial charge in [-0.2, -0.15) is 5.10 Å². The maximum Gasteiger partial charge on any atom is 0.306 e. The number of carboxylic acids is 1. The normalized spacial score (nSPS) is 18.6. The van der Waals surface area contributed by atoms with Crippen LogP contribution >= 0.6 is 0 Å². The predicted molar refractivity (Wildman–Crippen MR) is 75.6 cm³/mol. The summed E-state index contributed by atoms with van der Waals surface area (Å²) < 4.78 is 6.93. The zero-order valence-corrected chi connectivity index (χ0v) is 12.1. The molecule has 0 saturated carbocycles. The van der Waals surface area contributed by atoms with Crippen LogP contribution in [0.3, 0.4) is 0 Å². The number of nitrogens with zero attached hydrogens (tertiary/aromatic N) is 4. The number of fused-ring (bicyclic) bond motifs is 1. The number of amides is 1. The van der Waals surface area contributed by atoms with Crippen molar-refractivity contribution in [3.8, 4) is 0 Å². The van der Waals surface area contributed by atoms with Crippen LogP contribution in [0.2, 0.25) is 0 Å². The van der Waals surface area contributed by atoms with Gasteiger partial charge < -0.3 is 14.7 Å². The Morgan fingerprint density at radius 1 is 1.50 bits per heavy atom. The minimum Gasteiger partial charge on any atom is -0.481 e. The number of carboxylic acid groups (broad SMARTS) is 1. The third kappa shape index (κ3) is 2.77. The molecule has 8 heteroatoms. The van der Waals surface area contributed by atoms with E-state index >= 15 is 0 Å². The second kappa shape index (κ2) is 5.72. The van der Waals surface area contributed by atoms with Crippen LogP contribution in [0.5, 0.6) is 0 Å². The van der Waals surface area contributed by atoms with Crippen molar-refractivity contribution >= 4 is 17.5 Å². The van der Waals surface area contributed by atoms with Crippen molar-refractivity contribution in [3.63, 3.8) is 0 Å². The fourth-order valence-corrected chi connectivity index (χ4v) is 2.50. The van der Waals surface area contributed by atoms with Crippen molar-refractivity contribution in [2.75, 3.05) is 19.7 Å². The van der Waals surface area contributed by atoms with Gasteiger partial charge in [0, 0.05) is 25.0 Å². The number of rotatable bonds is 3. The Morgan fingerprint density at radius 2 is 2.32 bits per heavy atom. The molecular weight excluding hydrogens is 288 g/mol. The number of hydrogen-bond acceptors (Lipinski definition) is 5. The van der Waals surface area contributed by atoms with E-state index in [-0.39, 0.29) is 18.9 Å². The summed E-state index contributed by atoms with van der Waals surface area (Å²) in [5.41, 5.74) is 1.72. The Morgan fingerprint density at radius 3 is 3.09 bits per heavy atom. The minimum atomic E-state index is -0.937. The molecule has 1 N–H and O–H groups in total. The van der Waals surface area contributed by atoms with Crippen LogP contribution in [-0.2, 0) is 9.53 Å². The van der Waals surface area contributed by atoms with E-state index < -0.39 is 12.1 Å². The Labute approximate surface area is 126 Å². The van der Waals surface area contributed by atoms with Gasteiger partial charge in [-0.3, -0.25) is 9.59 Å². The average Bonchev–Trinajstić information content (AvgIpc) is 2.89. The van der Waals surface area contributed by atoms with Crippen LogP contribution in [0.4, 0.5) is 0 Å². The number of aliphatic carboxylic acids is 1. The van der Waals surface area contributed by atoms with E-state index in [9.17, 15) is 9.59 Å². The summed E-state index contributed by atoms with van der Waals surface area (Å²) in [6.07, 6.45) is 2.65. The first-order valence-corrected chi connectivity index (χ1v) is 6.98. The van der Waals surface area contributed by atoms with E-state index in [1.807, 2.05) is 13.0 Å². The third-order valence-electron chi connectivity index (χ3n) is 3.57. The number of hydrogen-bond donors (Lipinski definition) is 1. The molecule has 116 valence electrons. The summed E-state index contributed by atoms with van der Waals surface area (Å²) in [6, 6.07) is 1.81. The summed E-state index contributed by atoms with van der Waals surface area (Å²) in [5.74, 6) is -1.14. The van der Waals surface area contributed by atoms with E-state index in [1.54, 1.807) is 15.6 Å². The van der Waals surface area contributed by atoms with Gasteiger partial charge in [0.1, 0.15) is 5.56 Å². The van der Waals surface area contributed by atoms with Gasteiger partial charge in [-0.25, -0.2) is 9.50 Å². The highest BCUT2D eigenvalue weighted by Crippen LogP contribution is 2.15. The number of aromatic nitrogens is 3. The molecule has 0 radical (unpaired) electrons. The molecule has 1 fully saturated rings. The highest BCUT2D eigenvalue weighted by molar-refractivity contribution is 5.99. The molecule has 1 aliphatic heterocycles. The molecule has 0 bridgehead atoms. The zero-order valence-electron chi connectivity index (χ0n) is 12.1. The van der Waals surface area contributed by atoms with Crippen molar-refractivity contribution in [3.05, 3.63) is 29.7 Å². The zero-order chi connectivity index (χ0) is 15.7. The lowest BCUT2D eigenvalue weighted by atomic mass is 10.2. The third-order valence-corrected chi connectivity index (χ3v) is 3.57. The highest BCUT2D eigenvalue weighted by Gasteiger charge is 2.28. The predicted octanol–water partition coefficient (Wildman–Crippen LogP) is 0.353. The van der Waals surface area contributed by atoms with Crippen molar-refractivity contribution < 1.29 is 19.4 Å². The van der Waals surface area contributed by atoms with Crippen LogP contribution in [0.25, 0.3) is 5.65 Å². The second-order valence-corrected chi connectivity index (χ2v) is 5.24. The van der Waals surface area contributed by atoms with Gasteiger partial charge in [-0.1, -0.05) is 0 Å². The Kier molecular flexibility index (Phi) is 3.76. The Hall–Kier alpha value is -2.48. The quantitative estimate of drug-likeness (QED) is 0.879. The lowest BCUT2D eigenvalue weighted by Crippen LogP contribution is -2.46. The first-order chi connectivity index (χ1) is 10.5. The number of carbonyl (C=O) groups excluding carboxylic acids is 1. The van der Waals surface area contributed by atoms with E-state index in [2.05, 4.69) is 10.1 Å². The van der Waals surface area contributed by atoms with Gasteiger partial charge in [0.2, 0.25) is 0 Å². The molecule has 1 aliphatic rings. The maximum atomic E-state index is 12.6. The van der Waals surface area contributed by atoms with Crippen molar-refractivity contribution in [1.29, 1.82) is 0 Å². The standard InChI is InChI=1S/C14H16N4O4/c1-9-2-3-18-13(16-9)11(7-15-18)14(21)17-4-5-22-10(8-17)6-12(19)20/h2-3,7,10H,4-6,8H2,1H3,(H,19,20). The number of morpholine rings is 1. The molecule has 2 aromatic heterocycles. The summed E-state index contributed by atoms with van der Waals surface area (Å²) in [6.45, 7) is 2.86. The molecule has 1 amide bonds. The Balaban J connectivity index is 1.83. The number of ether oxygens (including phenoxy) is 1. The Bertz CT molecular complexity index is 727. The van der Waals surface area contributed by atoms with Gasteiger partial charge in [-0.15, -0.1) is 0 Å². The van der Waals surface area contributed by atoms with Crippen LogP contribution in [-0.4, -0.2) is 62.3 Å². The first-order valence-electron chi connectivity index (χ1n) is 6.98. The lowest BCUT2D eigenvalue weighted by Gasteiger charge is -2.32. The molecule has 1 atom stereocenters. The molecule has 1 unspecified atom stereocenters. The van der Waals surface area contributed by atoms with Crippen molar-refractivity contribution in [2.45, 2.75) is 19.4 Å². The molecule has 3 rings (SSSR count). The molecule has 0 aromatic carbocycles. The van der Waals surface area contributed by atoms with E-state index in [0.717, 1.165) is 5.69 Å². The van der Waals surface area contributed by atoms with Gasteiger partial charge in [0.25, 0.3) is 5.91 Å². The van der Waals surface area contributed by atoms with Crippen molar-refractivity contribution in [1.82, 2.24) is 19.5 Å². The largest absolute Gasteiger partial charge is 0.481 e. The maximum absolute atomic E-state index is 12.6. The topological polar surface area (TPSA) is 97.0 Å². The smallest absolute Gasteiger partial charge is 0.306 e. The molecule has 0 spiro atoms. The first kappa shape index (κ1) is 14.5. The molecule has 8 nitrogen and oxygen atoms in total. The van der Waals surface area contributed by atoms with Gasteiger partial charge in [-0.05, 0) is 13.0 Å². The molecule has 2 aromatic rings. The second-order valence-electron chi connectivity index (χ2n) is 5.24. The highest BCUT2D eigenvalue weighted by atomic mass is 16.5. The molecule has 0 aliphatic carbocycles. The van der Waals surface area contributed by atoms with Crippen LogP contribution in [0.1, 0.15) is 22.5 Å². The van der Waals surface area contributed by atoms with Crippen LogP contribution in [0.15, 0.2) is 18.5 Å². The molecular formula is C14H16N4O4. The summed E-state index contributed by atoms with van der Waals surface area (Å²) in [4.78, 5) is 29.4. The summed E-state index contributed by atoms with van der Waals surface area (Å²) in [5, 5.41) is 13.0. The fourth-order valence-electron chi connectivity index (χ4n) is 2.50. The average molecular weight is 304 g/mol. The molecule has 3 heterocycles. The van der Waals surface area contributed by atoms with Crippen LogP contribution < -0.4 is 0 Å². The van der Waals surface area contributed by atoms with Gasteiger partial charge in [0.05, 0.1) is 25.3 Å².